The number of pyridine rings is 1. The fourth-order valence-electron chi connectivity index (χ4n) is 3.90. The van der Waals surface area contributed by atoms with Gasteiger partial charge in [-0.15, -0.1) is 0 Å². The Bertz CT molecular complexity index is 1500. The predicted molar refractivity (Wildman–Crippen MR) is 129 cm³/mol. The van der Waals surface area contributed by atoms with Gasteiger partial charge in [-0.3, -0.25) is 14.6 Å². The number of aliphatic hydroxyl groups is 1. The third kappa shape index (κ3) is 4.02. The van der Waals surface area contributed by atoms with Gasteiger partial charge >= 0.3 is 0 Å². The number of aromatic amines is 1. The van der Waals surface area contributed by atoms with Gasteiger partial charge in [-0.25, -0.2) is 0 Å². The Labute approximate surface area is 194 Å². The van der Waals surface area contributed by atoms with Gasteiger partial charge in [0.2, 0.25) is 0 Å². The van der Waals surface area contributed by atoms with E-state index in [-0.39, 0.29) is 12.2 Å². The Balaban J connectivity index is 1.50. The van der Waals surface area contributed by atoms with E-state index in [9.17, 15) is 9.90 Å². The molecule has 0 amide bonds. The maximum atomic E-state index is 13.0. The number of halogens is 1. The van der Waals surface area contributed by atoms with Crippen LogP contribution in [-0.4, -0.2) is 36.3 Å². The van der Waals surface area contributed by atoms with Crippen LogP contribution in [0, 0.1) is 0 Å². The van der Waals surface area contributed by atoms with E-state index in [1.54, 1.807) is 41.3 Å². The maximum Gasteiger partial charge on any atom is 0.251 e. The summed E-state index contributed by atoms with van der Waals surface area (Å²) in [4.78, 5) is 13.0. The van der Waals surface area contributed by atoms with Crippen LogP contribution >= 0.6 is 11.6 Å². The minimum absolute atomic E-state index is 0.216. The van der Waals surface area contributed by atoms with E-state index >= 15 is 0 Å². The van der Waals surface area contributed by atoms with Crippen molar-refractivity contribution in [1.29, 1.82) is 0 Å². The lowest BCUT2D eigenvalue weighted by atomic mass is 10.0. The van der Waals surface area contributed by atoms with E-state index in [1.165, 1.54) is 4.57 Å². The van der Waals surface area contributed by atoms with E-state index in [4.69, 9.17) is 11.6 Å². The van der Waals surface area contributed by atoms with Crippen LogP contribution in [-0.2, 0) is 7.05 Å². The fraction of sp³-hybridized carbons (Fsp3) is 0.125. The first-order valence-corrected chi connectivity index (χ1v) is 10.7. The lowest BCUT2D eigenvalue weighted by molar-refractivity contribution is 0.247. The summed E-state index contributed by atoms with van der Waals surface area (Å²) < 4.78 is 3.24. The molecular formula is C24H21ClN6O2. The molecule has 166 valence electrons. The van der Waals surface area contributed by atoms with Crippen molar-refractivity contribution >= 4 is 34.1 Å². The van der Waals surface area contributed by atoms with Crippen LogP contribution < -0.4 is 10.9 Å². The molecule has 3 heterocycles. The van der Waals surface area contributed by atoms with Gasteiger partial charge in [0.05, 0.1) is 24.4 Å². The zero-order valence-electron chi connectivity index (χ0n) is 17.7. The van der Waals surface area contributed by atoms with Crippen molar-refractivity contribution in [2.24, 2.45) is 7.05 Å². The number of aryl methyl sites for hydroxylation is 1. The van der Waals surface area contributed by atoms with Crippen LogP contribution in [0.4, 0.5) is 11.6 Å². The number of anilines is 2. The molecule has 0 spiro atoms. The first-order chi connectivity index (χ1) is 16.0. The number of hydrogen-bond donors (Lipinski definition) is 3. The van der Waals surface area contributed by atoms with Gasteiger partial charge in [0.15, 0.2) is 5.82 Å². The quantitative estimate of drug-likeness (QED) is 0.354. The minimum atomic E-state index is -0.517. The molecule has 0 aliphatic rings. The molecule has 3 N–H and O–H groups in total. The van der Waals surface area contributed by atoms with Crippen LogP contribution in [0.1, 0.15) is 11.6 Å². The first kappa shape index (κ1) is 21.0. The van der Waals surface area contributed by atoms with Crippen LogP contribution in [0.2, 0.25) is 5.02 Å². The zero-order valence-corrected chi connectivity index (χ0v) is 18.5. The Morgan fingerprint density at radius 2 is 1.97 bits per heavy atom. The van der Waals surface area contributed by atoms with E-state index < -0.39 is 6.04 Å². The summed E-state index contributed by atoms with van der Waals surface area (Å²) in [5.41, 5.74) is 3.08. The molecule has 3 aromatic heterocycles. The second-order valence-corrected chi connectivity index (χ2v) is 8.15. The highest BCUT2D eigenvalue weighted by atomic mass is 35.5. The van der Waals surface area contributed by atoms with Gasteiger partial charge < -0.3 is 15.0 Å². The highest BCUT2D eigenvalue weighted by molar-refractivity contribution is 6.30. The topological polar surface area (TPSA) is 101 Å². The van der Waals surface area contributed by atoms with Gasteiger partial charge in [-0.05, 0) is 47.0 Å². The highest BCUT2D eigenvalue weighted by Crippen LogP contribution is 2.29. The van der Waals surface area contributed by atoms with Crippen molar-refractivity contribution in [1.82, 2.24) is 24.5 Å². The molecular weight excluding hydrogens is 440 g/mol. The van der Waals surface area contributed by atoms with Crippen LogP contribution in [0.5, 0.6) is 0 Å². The smallest absolute Gasteiger partial charge is 0.251 e. The summed E-state index contributed by atoms with van der Waals surface area (Å²) >= 11 is 6.10. The van der Waals surface area contributed by atoms with E-state index in [0.717, 1.165) is 33.4 Å². The summed E-state index contributed by atoms with van der Waals surface area (Å²) in [6, 6.07) is 17.8. The molecule has 0 saturated heterocycles. The molecule has 5 aromatic rings. The van der Waals surface area contributed by atoms with Crippen LogP contribution in [0.3, 0.4) is 0 Å². The Hall–Kier alpha value is -3.88. The van der Waals surface area contributed by atoms with Gasteiger partial charge in [-0.2, -0.15) is 10.2 Å². The van der Waals surface area contributed by atoms with Crippen molar-refractivity contribution in [2.75, 3.05) is 11.9 Å². The SMILES string of the molecule is Cn1nccc1Nc1n[nH]c2ccc(-c3ccn(C(CO)c4cccc(Cl)c4)c(=O)c3)cc12. The number of aromatic nitrogens is 5. The van der Waals surface area contributed by atoms with E-state index in [2.05, 4.69) is 20.6 Å². The maximum absolute atomic E-state index is 13.0. The Kier molecular flexibility index (Phi) is 5.45. The summed E-state index contributed by atoms with van der Waals surface area (Å²) in [6.45, 7) is -0.219. The second kappa shape index (κ2) is 8.57. The van der Waals surface area contributed by atoms with Gasteiger partial charge in [0.25, 0.3) is 5.56 Å². The summed E-state index contributed by atoms with van der Waals surface area (Å²) in [7, 11) is 1.85. The number of aliphatic hydroxyl groups excluding tert-OH is 1. The normalized spacial score (nSPS) is 12.2. The minimum Gasteiger partial charge on any atom is -0.394 e. The van der Waals surface area contributed by atoms with E-state index in [0.29, 0.717) is 10.8 Å². The Morgan fingerprint density at radius 1 is 1.12 bits per heavy atom. The summed E-state index contributed by atoms with van der Waals surface area (Å²) in [5, 5.41) is 26.2. The third-order valence-electron chi connectivity index (χ3n) is 5.65. The molecule has 33 heavy (non-hydrogen) atoms. The largest absolute Gasteiger partial charge is 0.394 e. The number of hydrogen-bond acceptors (Lipinski definition) is 5. The Morgan fingerprint density at radius 3 is 2.70 bits per heavy atom. The predicted octanol–water partition coefficient (Wildman–Crippen LogP) is 4.10. The van der Waals surface area contributed by atoms with E-state index in [1.807, 2.05) is 43.4 Å². The van der Waals surface area contributed by atoms with Crippen LogP contribution in [0.25, 0.3) is 22.0 Å². The zero-order chi connectivity index (χ0) is 22.9. The average molecular weight is 461 g/mol. The second-order valence-electron chi connectivity index (χ2n) is 7.71. The number of H-pyrrole nitrogens is 1. The average Bonchev–Trinajstić information content (AvgIpc) is 3.41. The van der Waals surface area contributed by atoms with Crippen molar-refractivity contribution in [3.05, 3.63) is 94.0 Å². The molecule has 1 atom stereocenters. The molecule has 0 bridgehead atoms. The number of benzene rings is 2. The van der Waals surface area contributed by atoms with Crippen molar-refractivity contribution in [3.8, 4) is 11.1 Å². The lowest BCUT2D eigenvalue weighted by Gasteiger charge is -2.18. The number of rotatable bonds is 6. The van der Waals surface area contributed by atoms with Crippen molar-refractivity contribution in [2.45, 2.75) is 6.04 Å². The monoisotopic (exact) mass is 460 g/mol. The number of nitrogens with zero attached hydrogens (tertiary/aromatic N) is 4. The molecule has 5 rings (SSSR count). The fourth-order valence-corrected chi connectivity index (χ4v) is 4.10. The molecule has 0 aliphatic heterocycles. The van der Waals surface area contributed by atoms with Gasteiger partial charge in [-0.1, -0.05) is 29.8 Å². The molecule has 8 nitrogen and oxygen atoms in total. The van der Waals surface area contributed by atoms with Crippen molar-refractivity contribution < 1.29 is 5.11 Å². The molecule has 0 aliphatic carbocycles. The lowest BCUT2D eigenvalue weighted by Crippen LogP contribution is -2.26. The molecule has 1 unspecified atom stereocenters. The summed E-state index contributed by atoms with van der Waals surface area (Å²) in [5.74, 6) is 1.48. The first-order valence-electron chi connectivity index (χ1n) is 10.4. The molecule has 2 aromatic carbocycles. The number of nitrogens with one attached hydrogen (secondary N) is 2. The van der Waals surface area contributed by atoms with Crippen LogP contribution in [0.15, 0.2) is 77.9 Å². The molecule has 0 fully saturated rings. The number of fused-ring (bicyclic) bond motifs is 1. The standard InChI is InChI=1S/C24H21ClN6O2/c1-30-22(7-9-26-30)27-24-19-12-15(5-6-20(19)28-29-24)16-8-10-31(23(33)13-16)21(14-32)17-3-2-4-18(25)11-17/h2-13,21,32H,14H2,1H3,(H2,27,28,29). The molecule has 0 saturated carbocycles. The van der Waals surface area contributed by atoms with Crippen molar-refractivity contribution in [3.63, 3.8) is 0 Å². The third-order valence-corrected chi connectivity index (χ3v) is 5.89. The highest BCUT2D eigenvalue weighted by Gasteiger charge is 2.16. The molecule has 0 radical (unpaired) electrons. The van der Waals surface area contributed by atoms with Gasteiger partial charge in [0.1, 0.15) is 5.82 Å². The van der Waals surface area contributed by atoms with Gasteiger partial charge in [0, 0.05) is 35.8 Å². The summed E-state index contributed by atoms with van der Waals surface area (Å²) in [6.07, 6.45) is 3.41. The molecule has 9 heteroatoms.